The number of rotatable bonds is 3. The van der Waals surface area contributed by atoms with Crippen LogP contribution in [0.25, 0.3) is 0 Å². The zero-order valence-electron chi connectivity index (χ0n) is 4.83. The molecular weight excluding hydrogens is 158 g/mol. The van der Waals surface area contributed by atoms with Crippen LogP contribution in [-0.2, 0) is 20.9 Å². The highest BCUT2D eigenvalue weighted by Crippen LogP contribution is 1.74. The third-order valence-corrected chi connectivity index (χ3v) is 0.937. The van der Waals surface area contributed by atoms with Gasteiger partial charge in [-0.15, -0.1) is 0 Å². The summed E-state index contributed by atoms with van der Waals surface area (Å²) in [6.07, 6.45) is 0.724. The van der Waals surface area contributed by atoms with Crippen molar-refractivity contribution in [3.63, 3.8) is 0 Å². The van der Waals surface area contributed by atoms with Crippen molar-refractivity contribution in [2.75, 3.05) is 0 Å². The van der Waals surface area contributed by atoms with Crippen molar-refractivity contribution in [2.45, 2.75) is 0 Å². The van der Waals surface area contributed by atoms with Crippen molar-refractivity contribution in [1.82, 2.24) is 4.72 Å². The van der Waals surface area contributed by atoms with Crippen molar-refractivity contribution >= 4 is 23.0 Å². The van der Waals surface area contributed by atoms with E-state index in [0.29, 0.717) is 0 Å². The summed E-state index contributed by atoms with van der Waals surface area (Å²) in [5.74, 6) is -2.19. The first kappa shape index (κ1) is 8.99. The van der Waals surface area contributed by atoms with Crippen LogP contribution in [-0.4, -0.2) is 20.5 Å². The molecule has 1 unspecified atom stereocenters. The van der Waals surface area contributed by atoms with Crippen molar-refractivity contribution in [3.05, 3.63) is 12.7 Å². The largest absolute Gasteiger partial charge is 0.755 e. The second-order valence-corrected chi connectivity index (χ2v) is 1.91. The Bertz CT molecular complexity index is 199. The van der Waals surface area contributed by atoms with Crippen molar-refractivity contribution in [2.24, 2.45) is 0 Å². The maximum absolute atomic E-state index is 10.3. The summed E-state index contributed by atoms with van der Waals surface area (Å²) in [7, 11) is 0. The van der Waals surface area contributed by atoms with Crippen molar-refractivity contribution < 1.29 is 18.4 Å². The molecule has 0 saturated carbocycles. The van der Waals surface area contributed by atoms with E-state index >= 15 is 0 Å². The summed E-state index contributed by atoms with van der Waals surface area (Å²) >= 11 is -2.74. The SMILES string of the molecule is C=CC(=O)C(=O)NS(=O)[O-]. The molecule has 0 saturated heterocycles. The highest BCUT2D eigenvalue weighted by atomic mass is 32.2. The summed E-state index contributed by atoms with van der Waals surface area (Å²) < 4.78 is 20.8. The molecule has 0 aliphatic heterocycles. The third-order valence-electron chi connectivity index (χ3n) is 0.585. The molecule has 0 aromatic heterocycles. The molecule has 1 amide bonds. The van der Waals surface area contributed by atoms with Gasteiger partial charge >= 0.3 is 5.91 Å². The molecular formula is C4H4NO4S-. The van der Waals surface area contributed by atoms with E-state index < -0.39 is 23.0 Å². The standard InChI is InChI=1S/C4H5NO4S/c1-2-3(6)4(7)5-10(8)9/h2H,1H2,(H,5,7)(H,8,9)/p-1. The van der Waals surface area contributed by atoms with Crippen LogP contribution in [0.3, 0.4) is 0 Å². The Morgan fingerprint density at radius 3 is 2.40 bits per heavy atom. The summed E-state index contributed by atoms with van der Waals surface area (Å²) in [6.45, 7) is 2.98. The molecule has 6 heteroatoms. The molecule has 0 radical (unpaired) electrons. The van der Waals surface area contributed by atoms with Gasteiger partial charge in [-0.3, -0.25) is 18.5 Å². The van der Waals surface area contributed by atoms with Gasteiger partial charge in [0.25, 0.3) is 0 Å². The molecule has 0 aliphatic rings. The average molecular weight is 162 g/mol. The summed E-state index contributed by atoms with van der Waals surface area (Å²) in [4.78, 5) is 20.5. The Labute approximate surface area is 59.5 Å². The van der Waals surface area contributed by atoms with Crippen LogP contribution in [0.5, 0.6) is 0 Å². The molecule has 1 atom stereocenters. The first-order valence-corrected chi connectivity index (χ1v) is 3.22. The third kappa shape index (κ3) is 3.10. The van der Waals surface area contributed by atoms with Gasteiger partial charge in [0, 0.05) is 11.3 Å². The molecule has 5 nitrogen and oxygen atoms in total. The highest BCUT2D eigenvalue weighted by Gasteiger charge is 2.07. The van der Waals surface area contributed by atoms with Crippen LogP contribution in [0.4, 0.5) is 0 Å². The maximum atomic E-state index is 10.3. The zero-order chi connectivity index (χ0) is 8.15. The smallest absolute Gasteiger partial charge is 0.302 e. The molecule has 1 N–H and O–H groups in total. The van der Waals surface area contributed by atoms with E-state index in [9.17, 15) is 18.4 Å². The Balaban J connectivity index is 3.98. The van der Waals surface area contributed by atoms with Crippen LogP contribution < -0.4 is 4.72 Å². The minimum Gasteiger partial charge on any atom is -0.755 e. The lowest BCUT2D eigenvalue weighted by molar-refractivity contribution is -0.134. The van der Waals surface area contributed by atoms with Gasteiger partial charge < -0.3 is 4.55 Å². The predicted molar refractivity (Wildman–Crippen MR) is 32.3 cm³/mol. The van der Waals surface area contributed by atoms with Gasteiger partial charge in [-0.1, -0.05) is 6.58 Å². The fourth-order valence-corrected chi connectivity index (χ4v) is 0.471. The summed E-state index contributed by atoms with van der Waals surface area (Å²) in [6, 6.07) is 0. The minimum atomic E-state index is -2.74. The molecule has 0 rings (SSSR count). The Kier molecular flexibility index (Phi) is 3.52. The van der Waals surface area contributed by atoms with Crippen molar-refractivity contribution in [1.29, 1.82) is 0 Å². The van der Waals surface area contributed by atoms with Gasteiger partial charge in [0.1, 0.15) is 0 Å². The van der Waals surface area contributed by atoms with E-state index in [2.05, 4.69) is 6.58 Å². The first-order valence-electron chi connectivity index (χ1n) is 2.14. The number of carbonyl (C=O) groups excluding carboxylic acids is 2. The number of ketones is 1. The van der Waals surface area contributed by atoms with Crippen LogP contribution >= 0.6 is 0 Å². The second kappa shape index (κ2) is 3.91. The summed E-state index contributed by atoms with van der Waals surface area (Å²) in [5, 5.41) is 0. The van der Waals surface area contributed by atoms with E-state index in [1.165, 1.54) is 4.72 Å². The van der Waals surface area contributed by atoms with Crippen LogP contribution in [0.15, 0.2) is 12.7 Å². The number of carbonyl (C=O) groups is 2. The van der Waals surface area contributed by atoms with Crippen molar-refractivity contribution in [3.8, 4) is 0 Å². The van der Waals surface area contributed by atoms with Gasteiger partial charge in [0.05, 0.1) is 0 Å². The van der Waals surface area contributed by atoms with E-state index in [4.69, 9.17) is 0 Å². The van der Waals surface area contributed by atoms with Gasteiger partial charge in [-0.25, -0.2) is 0 Å². The monoisotopic (exact) mass is 162 g/mol. The molecule has 56 valence electrons. The molecule has 0 aliphatic carbocycles. The molecule has 0 heterocycles. The average Bonchev–Trinajstić information content (AvgIpc) is 1.85. The number of hydrogen-bond acceptors (Lipinski definition) is 4. The van der Waals surface area contributed by atoms with Crippen LogP contribution in [0.1, 0.15) is 0 Å². The van der Waals surface area contributed by atoms with E-state index in [1.54, 1.807) is 0 Å². The van der Waals surface area contributed by atoms with Gasteiger partial charge in [-0.05, 0) is 6.08 Å². The maximum Gasteiger partial charge on any atom is 0.302 e. The molecule has 0 aromatic carbocycles. The fraction of sp³-hybridized carbons (Fsp3) is 0. The summed E-state index contributed by atoms with van der Waals surface area (Å²) in [5.41, 5.74) is 0. The Hall–Kier alpha value is -1.01. The Morgan fingerprint density at radius 2 is 2.10 bits per heavy atom. The molecule has 10 heavy (non-hydrogen) atoms. The highest BCUT2D eigenvalue weighted by molar-refractivity contribution is 7.77. The lowest BCUT2D eigenvalue weighted by Gasteiger charge is -2.02. The molecule has 0 spiro atoms. The fourth-order valence-electron chi connectivity index (χ4n) is 0.219. The lowest BCUT2D eigenvalue weighted by atomic mass is 10.4. The zero-order valence-corrected chi connectivity index (χ0v) is 5.64. The quantitative estimate of drug-likeness (QED) is 0.316. The lowest BCUT2D eigenvalue weighted by Crippen LogP contribution is -2.30. The van der Waals surface area contributed by atoms with Crippen LogP contribution in [0, 0.1) is 0 Å². The van der Waals surface area contributed by atoms with Gasteiger partial charge in [0.2, 0.25) is 5.78 Å². The first-order chi connectivity index (χ1) is 4.57. The van der Waals surface area contributed by atoms with Gasteiger partial charge in [0.15, 0.2) is 0 Å². The second-order valence-electron chi connectivity index (χ2n) is 1.23. The Morgan fingerprint density at radius 1 is 1.60 bits per heavy atom. The topological polar surface area (TPSA) is 86.3 Å². The van der Waals surface area contributed by atoms with Gasteiger partial charge in [-0.2, -0.15) is 0 Å². The number of amides is 1. The molecule has 0 aromatic rings. The molecule has 0 bridgehead atoms. The normalized spacial score (nSPS) is 11.7. The number of hydrogen-bond donors (Lipinski definition) is 1. The number of nitrogens with one attached hydrogen (secondary N) is 1. The van der Waals surface area contributed by atoms with Crippen LogP contribution in [0.2, 0.25) is 0 Å². The minimum absolute atomic E-state index is 0.724. The van der Waals surface area contributed by atoms with E-state index in [-0.39, 0.29) is 0 Å². The molecule has 0 fully saturated rings. The predicted octanol–water partition coefficient (Wildman–Crippen LogP) is -1.35. The van der Waals surface area contributed by atoms with E-state index in [0.717, 1.165) is 6.08 Å². The van der Waals surface area contributed by atoms with E-state index in [1.807, 2.05) is 0 Å².